The second kappa shape index (κ2) is 71.0. The second-order valence-electron chi connectivity index (χ2n) is 26.1. The number of unbranched alkanes of at least 4 members (excludes halogenated alkanes) is 1. The minimum absolute atomic E-state index is 0.271. The molecule has 5 rings (SSSR count). The van der Waals surface area contributed by atoms with Gasteiger partial charge in [-0.3, -0.25) is 4.79 Å². The Morgan fingerprint density at radius 3 is 1.01 bits per heavy atom. The summed E-state index contributed by atoms with van der Waals surface area (Å²) in [7, 11) is 1.80. The number of aromatic nitrogens is 3. The lowest BCUT2D eigenvalue weighted by atomic mass is 10.0. The summed E-state index contributed by atoms with van der Waals surface area (Å²) in [6, 6.07) is -0.699. The van der Waals surface area contributed by atoms with E-state index in [2.05, 4.69) is 32.8 Å². The zero-order valence-electron chi connectivity index (χ0n) is 65.8. The van der Waals surface area contributed by atoms with Crippen LogP contribution < -0.4 is 16.4 Å². The highest BCUT2D eigenvalue weighted by molar-refractivity contribution is 5.85. The predicted molar refractivity (Wildman–Crippen MR) is 399 cm³/mol. The smallest absolute Gasteiger partial charge is 0.407 e. The average Bonchev–Trinajstić information content (AvgIpc) is 1.62. The number of amides is 2. The van der Waals surface area contributed by atoms with Crippen molar-refractivity contribution >= 4 is 12.0 Å². The number of ether oxygens (including phenoxy) is 25. The number of rotatable bonds is 82. The molecule has 0 radical (unpaired) electrons. The lowest BCUT2D eigenvalue weighted by Gasteiger charge is -2.18. The minimum atomic E-state index is -0.699. The van der Waals surface area contributed by atoms with E-state index >= 15 is 0 Å². The Hall–Kier alpha value is -3.56. The first-order valence-electron chi connectivity index (χ1n) is 40.2. The molecule has 0 saturated heterocycles. The Bertz CT molecular complexity index is 2290. The molecule has 1 aromatic rings. The molecular formula is C76H138N6O27. The molecule has 4 aliphatic carbocycles. The zero-order chi connectivity index (χ0) is 76.7. The van der Waals surface area contributed by atoms with Crippen LogP contribution in [0.3, 0.4) is 0 Å². The summed E-state index contributed by atoms with van der Waals surface area (Å²) in [5, 5.41) is 14.5. The zero-order valence-corrected chi connectivity index (χ0v) is 65.8. The van der Waals surface area contributed by atoms with Gasteiger partial charge in [0, 0.05) is 33.1 Å². The number of nitrogens with two attached hydrogens (primary N) is 1. The first kappa shape index (κ1) is 96.0. The quantitative estimate of drug-likeness (QED) is 0.0623. The molecule has 2 saturated carbocycles. The van der Waals surface area contributed by atoms with E-state index in [1.807, 2.05) is 4.68 Å². The van der Waals surface area contributed by atoms with Gasteiger partial charge >= 0.3 is 6.09 Å². The van der Waals surface area contributed by atoms with E-state index in [1.54, 1.807) is 7.11 Å². The Morgan fingerprint density at radius 2 is 0.688 bits per heavy atom. The van der Waals surface area contributed by atoms with E-state index in [4.69, 9.17) is 124 Å². The molecule has 4 N–H and O–H groups in total. The summed E-state index contributed by atoms with van der Waals surface area (Å²) in [6.45, 7) is 24.5. The van der Waals surface area contributed by atoms with Gasteiger partial charge in [-0.15, -0.1) is 16.9 Å². The van der Waals surface area contributed by atoms with Crippen LogP contribution in [0.1, 0.15) is 69.2 Å². The lowest BCUT2D eigenvalue weighted by Crippen LogP contribution is -2.47. The van der Waals surface area contributed by atoms with Gasteiger partial charge in [0.2, 0.25) is 5.91 Å². The molecule has 0 aliphatic heterocycles. The number of alkyl carbamates (subject to hydrolysis) is 1. The van der Waals surface area contributed by atoms with Gasteiger partial charge in [0.25, 0.3) is 0 Å². The predicted octanol–water partition coefficient (Wildman–Crippen LogP) is 2.83. The van der Waals surface area contributed by atoms with Crippen molar-refractivity contribution in [2.75, 3.05) is 337 Å². The molecule has 109 heavy (non-hydrogen) atoms. The number of carbonyl (C=O) groups is 2. The van der Waals surface area contributed by atoms with Crippen LogP contribution in [-0.4, -0.2) is 370 Å². The monoisotopic (exact) mass is 1570 g/mol. The topological polar surface area (TPSA) is 346 Å². The number of hydrogen-bond acceptors (Lipinski definition) is 30. The molecule has 0 aromatic carbocycles. The number of aryl methyl sites for hydroxylation is 1. The Kier molecular flexibility index (Phi) is 62.6. The number of methoxy groups -OCH3 is 1. The highest BCUT2D eigenvalue weighted by Crippen LogP contribution is 2.53. The number of nitrogens with one attached hydrogen (secondary N) is 2. The first-order chi connectivity index (χ1) is 54.1. The van der Waals surface area contributed by atoms with Crippen molar-refractivity contribution < 1.29 is 128 Å². The van der Waals surface area contributed by atoms with Gasteiger partial charge in [0.15, 0.2) is 0 Å². The maximum atomic E-state index is 12.9. The van der Waals surface area contributed by atoms with Crippen LogP contribution in [0.25, 0.3) is 0 Å². The number of nitrogens with zero attached hydrogens (tertiary/aromatic N) is 3. The van der Waals surface area contributed by atoms with Gasteiger partial charge in [-0.1, -0.05) is 5.21 Å². The van der Waals surface area contributed by atoms with Gasteiger partial charge in [0.05, 0.1) is 328 Å². The molecule has 2 amide bonds. The fourth-order valence-corrected chi connectivity index (χ4v) is 12.3. The molecule has 1 heterocycles. The third-order valence-electron chi connectivity index (χ3n) is 18.2. The number of carbonyl (C=O) groups excluding carboxylic acids is 2. The summed E-state index contributed by atoms with van der Waals surface area (Å²) in [4.78, 5) is 25.5. The third-order valence-corrected chi connectivity index (χ3v) is 18.2. The minimum Gasteiger partial charge on any atom is -0.449 e. The van der Waals surface area contributed by atoms with E-state index < -0.39 is 12.1 Å². The fourth-order valence-electron chi connectivity index (χ4n) is 12.3. The van der Waals surface area contributed by atoms with Crippen LogP contribution >= 0.6 is 0 Å². The summed E-state index contributed by atoms with van der Waals surface area (Å²) >= 11 is 0. The Morgan fingerprint density at radius 1 is 0.394 bits per heavy atom. The molecule has 0 bridgehead atoms. The van der Waals surface area contributed by atoms with Crippen molar-refractivity contribution in [3.05, 3.63) is 11.4 Å². The van der Waals surface area contributed by atoms with Crippen LogP contribution in [0.2, 0.25) is 0 Å². The Labute approximate surface area is 648 Å². The summed E-state index contributed by atoms with van der Waals surface area (Å²) in [5.74, 6) is 9.97. The molecule has 7 atom stereocenters. The van der Waals surface area contributed by atoms with Crippen molar-refractivity contribution in [2.45, 2.75) is 83.2 Å². The maximum Gasteiger partial charge on any atom is 0.407 e. The molecule has 634 valence electrons. The van der Waals surface area contributed by atoms with E-state index in [9.17, 15) is 9.59 Å². The molecule has 0 spiro atoms. The lowest BCUT2D eigenvalue weighted by molar-refractivity contribution is -0.123. The van der Waals surface area contributed by atoms with E-state index in [0.29, 0.717) is 361 Å². The van der Waals surface area contributed by atoms with Crippen molar-refractivity contribution in [2.24, 2.45) is 41.2 Å². The number of fused-ring (bicyclic) bond motifs is 3. The molecule has 33 heteroatoms. The normalized spacial score (nSPS) is 18.2. The van der Waals surface area contributed by atoms with Crippen LogP contribution in [0.15, 0.2) is 0 Å². The largest absolute Gasteiger partial charge is 0.449 e. The van der Waals surface area contributed by atoms with Gasteiger partial charge < -0.3 is 135 Å². The van der Waals surface area contributed by atoms with Crippen LogP contribution in [0, 0.1) is 47.3 Å². The standard InChI is InChI=1S/C76H138N6O27/c1-85-64-70-68-11-13-72-74(14-12-69(68)70)82(81-80-72)17-19-87-21-23-89-25-27-91-29-31-93-33-35-95-37-39-97-41-43-99-45-47-101-49-51-103-53-55-105-57-59-107-61-63-108-62-60-106-58-56-104-54-52-102-50-48-100-46-44-98-42-40-96-38-36-94-34-32-92-30-28-90-26-24-88-22-20-86-18-16-78-75(83)73(10-6-7-15-77)79-76(84)109-65-71-66-8-4-2-3-5-9-67(66)71/h66-71,73H,4-65,77H2,1H3,(H,78,83)(H,79,84)/t66-,67+,68-,69+,70-,71?,73-/m0/s1. The van der Waals surface area contributed by atoms with Gasteiger partial charge in [-0.2, -0.15) is 0 Å². The van der Waals surface area contributed by atoms with Crippen molar-refractivity contribution in [1.82, 2.24) is 25.6 Å². The SMILES string of the molecule is COC[C@@H]1[C@@H]2CCc3c(nnn3CCOCCOCCOCCOCCOCCOCCOCCOCCOCCOCCOCCOCCOCCOCCOCCOCCOCCOCCOCCOCCOCCOCCOCCNC(=O)[C@H](CCCCN)NC(=O)OCC3[C@H]4CCC#CCC[C@@H]34)CC[C@@H]21. The van der Waals surface area contributed by atoms with E-state index in [-0.39, 0.29) is 5.91 Å². The molecule has 1 aromatic heterocycles. The highest BCUT2D eigenvalue weighted by Gasteiger charge is 2.50. The summed E-state index contributed by atoms with van der Waals surface area (Å²) in [6.07, 6.45) is 9.74. The van der Waals surface area contributed by atoms with Gasteiger partial charge in [0.1, 0.15) is 6.04 Å². The van der Waals surface area contributed by atoms with Crippen molar-refractivity contribution in [3.8, 4) is 11.8 Å². The van der Waals surface area contributed by atoms with Crippen molar-refractivity contribution in [1.29, 1.82) is 0 Å². The Balaban J connectivity index is 0.599. The molecular weight excluding hydrogens is 1430 g/mol. The third kappa shape index (κ3) is 52.5. The average molecular weight is 1570 g/mol. The molecule has 4 aliphatic rings. The number of hydrogen-bond donors (Lipinski definition) is 3. The van der Waals surface area contributed by atoms with Crippen molar-refractivity contribution in [3.63, 3.8) is 0 Å². The maximum absolute atomic E-state index is 12.9. The van der Waals surface area contributed by atoms with Crippen LogP contribution in [0.4, 0.5) is 4.79 Å². The summed E-state index contributed by atoms with van der Waals surface area (Å²) in [5.41, 5.74) is 8.08. The van der Waals surface area contributed by atoms with E-state index in [0.717, 1.165) is 75.0 Å². The summed E-state index contributed by atoms with van der Waals surface area (Å²) < 4.78 is 141. The van der Waals surface area contributed by atoms with Gasteiger partial charge in [-0.05, 0) is 99.8 Å². The second-order valence-corrected chi connectivity index (χ2v) is 26.1. The van der Waals surface area contributed by atoms with Gasteiger partial charge in [-0.25, -0.2) is 9.48 Å². The first-order valence-corrected chi connectivity index (χ1v) is 40.2. The van der Waals surface area contributed by atoms with E-state index in [1.165, 1.54) is 18.5 Å². The molecule has 33 nitrogen and oxygen atoms in total. The van der Waals surface area contributed by atoms with Crippen LogP contribution in [0.5, 0.6) is 0 Å². The molecule has 1 unspecified atom stereocenters. The molecule has 2 fully saturated rings. The highest BCUT2D eigenvalue weighted by atomic mass is 16.6. The van der Waals surface area contributed by atoms with Crippen LogP contribution in [-0.2, 0) is 143 Å². The fraction of sp³-hybridized carbons (Fsp3) is 0.921.